The van der Waals surface area contributed by atoms with Crippen molar-refractivity contribution >= 4 is 11.6 Å². The second-order valence-corrected chi connectivity index (χ2v) is 7.36. The van der Waals surface area contributed by atoms with E-state index in [4.69, 9.17) is 25.8 Å². The molecule has 1 N–H and O–H groups in total. The van der Waals surface area contributed by atoms with E-state index >= 15 is 0 Å². The third-order valence-electron chi connectivity index (χ3n) is 4.32. The Kier molecular flexibility index (Phi) is 3.39. The van der Waals surface area contributed by atoms with E-state index in [0.717, 1.165) is 12.0 Å². The van der Waals surface area contributed by atoms with Gasteiger partial charge in [-0.2, -0.15) is 0 Å². The molecule has 4 nitrogen and oxygen atoms in total. The van der Waals surface area contributed by atoms with Crippen LogP contribution in [0, 0.1) is 5.92 Å². The van der Waals surface area contributed by atoms with E-state index in [1.165, 1.54) is 0 Å². The van der Waals surface area contributed by atoms with Crippen LogP contribution in [0.3, 0.4) is 0 Å². The molecule has 1 aromatic carbocycles. The van der Waals surface area contributed by atoms with Crippen LogP contribution in [0.25, 0.3) is 0 Å². The van der Waals surface area contributed by atoms with Crippen LogP contribution in [0.5, 0.6) is 11.5 Å². The maximum Gasteiger partial charge on any atom is 0.231 e. The topological polar surface area (TPSA) is 47.9 Å². The standard InChI is InChI=1S/C16H21ClO4/c1-15(2)7-10(16(3,4)21-15)13(18)9-5-11(17)14-12(6-9)19-8-20-14/h5-6,10,13,18H,7-8H2,1-4H3. The van der Waals surface area contributed by atoms with Gasteiger partial charge in [-0.3, -0.25) is 0 Å². The highest BCUT2D eigenvalue weighted by atomic mass is 35.5. The number of rotatable bonds is 2. The lowest BCUT2D eigenvalue weighted by atomic mass is 9.80. The minimum absolute atomic E-state index is 0.0102. The predicted molar refractivity (Wildman–Crippen MR) is 79.9 cm³/mol. The van der Waals surface area contributed by atoms with Gasteiger partial charge in [0.25, 0.3) is 0 Å². The molecule has 1 saturated heterocycles. The molecular weight excluding hydrogens is 292 g/mol. The Balaban J connectivity index is 1.92. The van der Waals surface area contributed by atoms with Crippen LogP contribution in [0.1, 0.15) is 45.8 Å². The summed E-state index contributed by atoms with van der Waals surface area (Å²) in [4.78, 5) is 0. The second-order valence-electron chi connectivity index (χ2n) is 6.96. The molecule has 2 heterocycles. The maximum absolute atomic E-state index is 10.8. The second kappa shape index (κ2) is 4.77. The van der Waals surface area contributed by atoms with Gasteiger partial charge in [0.05, 0.1) is 22.3 Å². The third-order valence-corrected chi connectivity index (χ3v) is 4.60. The summed E-state index contributed by atoms with van der Waals surface area (Å²) in [6.07, 6.45) is 0.126. The highest BCUT2D eigenvalue weighted by Crippen LogP contribution is 2.49. The largest absolute Gasteiger partial charge is 0.454 e. The summed E-state index contributed by atoms with van der Waals surface area (Å²) in [7, 11) is 0. The number of ether oxygens (including phenoxy) is 3. The first kappa shape index (κ1) is 14.9. The fourth-order valence-electron chi connectivity index (χ4n) is 3.49. The normalized spacial score (nSPS) is 26.9. The predicted octanol–water partition coefficient (Wildman–Crippen LogP) is 3.70. The number of aliphatic hydroxyl groups excluding tert-OH is 1. The van der Waals surface area contributed by atoms with Crippen LogP contribution in [-0.2, 0) is 4.74 Å². The number of benzene rings is 1. The molecule has 2 aliphatic rings. The molecule has 2 atom stereocenters. The Morgan fingerprint density at radius 2 is 1.95 bits per heavy atom. The molecule has 5 heteroatoms. The molecule has 21 heavy (non-hydrogen) atoms. The van der Waals surface area contributed by atoms with Crippen molar-refractivity contribution in [1.82, 2.24) is 0 Å². The molecule has 0 saturated carbocycles. The number of halogens is 1. The highest BCUT2D eigenvalue weighted by Gasteiger charge is 2.49. The van der Waals surface area contributed by atoms with Gasteiger partial charge in [0.1, 0.15) is 0 Å². The van der Waals surface area contributed by atoms with Gasteiger partial charge in [-0.15, -0.1) is 0 Å². The zero-order valence-corrected chi connectivity index (χ0v) is 13.5. The van der Waals surface area contributed by atoms with Crippen molar-refractivity contribution < 1.29 is 19.3 Å². The van der Waals surface area contributed by atoms with Gasteiger partial charge in [-0.1, -0.05) is 11.6 Å². The van der Waals surface area contributed by atoms with E-state index in [1.807, 2.05) is 27.7 Å². The minimum Gasteiger partial charge on any atom is -0.454 e. The summed E-state index contributed by atoms with van der Waals surface area (Å²) >= 11 is 6.21. The lowest BCUT2D eigenvalue weighted by molar-refractivity contribution is -0.0880. The molecule has 116 valence electrons. The van der Waals surface area contributed by atoms with Gasteiger partial charge in [0.2, 0.25) is 6.79 Å². The van der Waals surface area contributed by atoms with Crippen molar-refractivity contribution in [1.29, 1.82) is 0 Å². The minimum atomic E-state index is -0.659. The van der Waals surface area contributed by atoms with Crippen molar-refractivity contribution in [2.45, 2.75) is 51.4 Å². The fraction of sp³-hybridized carbons (Fsp3) is 0.625. The molecule has 2 aliphatic heterocycles. The Morgan fingerprint density at radius 3 is 2.57 bits per heavy atom. The Hall–Kier alpha value is -0.970. The van der Waals surface area contributed by atoms with Crippen LogP contribution in [0.4, 0.5) is 0 Å². The first-order chi connectivity index (χ1) is 9.70. The SMILES string of the molecule is CC1(C)CC(C(O)c2cc(Cl)c3c(c2)OCO3)C(C)(C)O1. The summed E-state index contributed by atoms with van der Waals surface area (Å²) in [5.41, 5.74) is 0.102. The maximum atomic E-state index is 10.8. The molecule has 3 rings (SSSR count). The lowest BCUT2D eigenvalue weighted by Gasteiger charge is -2.30. The molecule has 0 aromatic heterocycles. The van der Waals surface area contributed by atoms with E-state index in [0.29, 0.717) is 16.5 Å². The highest BCUT2D eigenvalue weighted by molar-refractivity contribution is 6.32. The van der Waals surface area contributed by atoms with Gasteiger partial charge >= 0.3 is 0 Å². The summed E-state index contributed by atoms with van der Waals surface area (Å²) in [6.45, 7) is 8.30. The van der Waals surface area contributed by atoms with E-state index in [1.54, 1.807) is 12.1 Å². The zero-order chi connectivity index (χ0) is 15.4. The number of fused-ring (bicyclic) bond motifs is 1. The Morgan fingerprint density at radius 1 is 1.24 bits per heavy atom. The van der Waals surface area contributed by atoms with Crippen molar-refractivity contribution in [3.63, 3.8) is 0 Å². The van der Waals surface area contributed by atoms with Crippen molar-refractivity contribution in [3.05, 3.63) is 22.7 Å². The summed E-state index contributed by atoms with van der Waals surface area (Å²) < 4.78 is 16.7. The van der Waals surface area contributed by atoms with E-state index in [2.05, 4.69) is 0 Å². The van der Waals surface area contributed by atoms with Gasteiger partial charge in [0.15, 0.2) is 11.5 Å². The zero-order valence-electron chi connectivity index (χ0n) is 12.8. The van der Waals surface area contributed by atoms with E-state index < -0.39 is 11.7 Å². The summed E-state index contributed by atoms with van der Waals surface area (Å²) in [5.74, 6) is 1.13. The average molecular weight is 313 g/mol. The first-order valence-corrected chi connectivity index (χ1v) is 7.55. The molecule has 2 unspecified atom stereocenters. The van der Waals surface area contributed by atoms with E-state index in [9.17, 15) is 5.11 Å². The number of hydrogen-bond acceptors (Lipinski definition) is 4. The molecule has 0 bridgehead atoms. The van der Waals surface area contributed by atoms with Gasteiger partial charge in [0, 0.05) is 5.92 Å². The smallest absolute Gasteiger partial charge is 0.231 e. The third kappa shape index (κ3) is 2.60. The van der Waals surface area contributed by atoms with Gasteiger partial charge in [-0.05, 0) is 51.8 Å². The first-order valence-electron chi connectivity index (χ1n) is 7.17. The average Bonchev–Trinajstić information content (AvgIpc) is 2.90. The number of hydrogen-bond donors (Lipinski definition) is 1. The van der Waals surface area contributed by atoms with Gasteiger partial charge < -0.3 is 19.3 Å². The molecule has 0 spiro atoms. The van der Waals surface area contributed by atoms with Crippen molar-refractivity contribution in [2.75, 3.05) is 6.79 Å². The molecule has 0 aliphatic carbocycles. The monoisotopic (exact) mass is 312 g/mol. The summed E-state index contributed by atoms with van der Waals surface area (Å²) in [6, 6.07) is 3.56. The van der Waals surface area contributed by atoms with E-state index in [-0.39, 0.29) is 18.3 Å². The molecule has 1 aromatic rings. The fourth-order valence-corrected chi connectivity index (χ4v) is 3.76. The van der Waals surface area contributed by atoms with Crippen LogP contribution in [0.15, 0.2) is 12.1 Å². The van der Waals surface area contributed by atoms with Crippen LogP contribution in [0.2, 0.25) is 5.02 Å². The van der Waals surface area contributed by atoms with Gasteiger partial charge in [-0.25, -0.2) is 0 Å². The van der Waals surface area contributed by atoms with Crippen LogP contribution >= 0.6 is 11.6 Å². The molecule has 1 fully saturated rings. The molecule has 0 amide bonds. The van der Waals surface area contributed by atoms with Crippen LogP contribution in [-0.4, -0.2) is 23.1 Å². The van der Waals surface area contributed by atoms with Crippen molar-refractivity contribution in [3.8, 4) is 11.5 Å². The quantitative estimate of drug-likeness (QED) is 0.904. The van der Waals surface area contributed by atoms with Crippen LogP contribution < -0.4 is 9.47 Å². The summed E-state index contributed by atoms with van der Waals surface area (Å²) in [5, 5.41) is 11.3. The molecular formula is C16H21ClO4. The molecule has 0 radical (unpaired) electrons. The van der Waals surface area contributed by atoms with Crippen molar-refractivity contribution in [2.24, 2.45) is 5.92 Å². The lowest BCUT2D eigenvalue weighted by Crippen LogP contribution is -2.32. The Bertz CT molecular complexity index is 568. The number of aliphatic hydroxyl groups is 1. The Labute approximate surface area is 130 Å².